The summed E-state index contributed by atoms with van der Waals surface area (Å²) in [5.74, 6) is 1.83. The van der Waals surface area contributed by atoms with Gasteiger partial charge in [-0.2, -0.15) is 0 Å². The number of rotatable bonds is 6. The smallest absolute Gasteiger partial charge is 0.220 e. The summed E-state index contributed by atoms with van der Waals surface area (Å²) in [6.07, 6.45) is 7.23. The lowest BCUT2D eigenvalue weighted by Crippen LogP contribution is -2.26. The quantitative estimate of drug-likeness (QED) is 0.754. The predicted molar refractivity (Wildman–Crippen MR) is 78.9 cm³/mol. The number of furan rings is 1. The van der Waals surface area contributed by atoms with Crippen molar-refractivity contribution < 1.29 is 9.21 Å². The van der Waals surface area contributed by atoms with Gasteiger partial charge in [-0.15, -0.1) is 0 Å². The van der Waals surface area contributed by atoms with Gasteiger partial charge in [0.1, 0.15) is 11.6 Å². The Labute approximate surface area is 122 Å². The van der Waals surface area contributed by atoms with Crippen molar-refractivity contribution in [3.8, 4) is 0 Å². The largest absolute Gasteiger partial charge is 0.469 e. The second kappa shape index (κ2) is 6.26. The van der Waals surface area contributed by atoms with E-state index in [4.69, 9.17) is 4.42 Å². The monoisotopic (exact) mass is 283 g/mol. The molecule has 0 aliphatic rings. The fraction of sp³-hybridized carbons (Fsp3) is 0.250. The maximum atomic E-state index is 11.8. The number of pyridine rings is 1. The topological polar surface area (TPSA) is 59.5 Å². The first-order chi connectivity index (χ1) is 10.3. The van der Waals surface area contributed by atoms with Crippen LogP contribution in [0.25, 0.3) is 5.52 Å². The number of nitrogens with one attached hydrogen (secondary N) is 1. The number of fused-ring (bicyclic) bond motifs is 1. The van der Waals surface area contributed by atoms with Crippen LogP contribution < -0.4 is 5.32 Å². The van der Waals surface area contributed by atoms with E-state index >= 15 is 0 Å². The van der Waals surface area contributed by atoms with E-state index in [0.29, 0.717) is 25.8 Å². The number of carbonyl (C=O) groups excluding carboxylic acids is 1. The Hall–Kier alpha value is -2.56. The zero-order valence-electron chi connectivity index (χ0n) is 11.7. The van der Waals surface area contributed by atoms with E-state index in [1.54, 1.807) is 6.26 Å². The summed E-state index contributed by atoms with van der Waals surface area (Å²) in [6, 6.07) is 9.68. The summed E-state index contributed by atoms with van der Waals surface area (Å²) < 4.78 is 7.24. The molecule has 0 aromatic carbocycles. The van der Waals surface area contributed by atoms with E-state index in [1.807, 2.05) is 47.1 Å². The highest BCUT2D eigenvalue weighted by Gasteiger charge is 2.06. The summed E-state index contributed by atoms with van der Waals surface area (Å²) in [5, 5.41) is 2.91. The fourth-order valence-electron chi connectivity index (χ4n) is 2.28. The molecule has 3 rings (SSSR count). The summed E-state index contributed by atoms with van der Waals surface area (Å²) >= 11 is 0. The first-order valence-corrected chi connectivity index (χ1v) is 7.03. The maximum Gasteiger partial charge on any atom is 0.220 e. The van der Waals surface area contributed by atoms with Crippen LogP contribution in [-0.2, 0) is 17.6 Å². The van der Waals surface area contributed by atoms with Crippen LogP contribution in [0.1, 0.15) is 18.0 Å². The maximum absolute atomic E-state index is 11.8. The molecule has 5 heteroatoms. The third-order valence-corrected chi connectivity index (χ3v) is 3.36. The van der Waals surface area contributed by atoms with Crippen LogP contribution in [0.4, 0.5) is 0 Å². The molecule has 0 saturated carbocycles. The predicted octanol–water partition coefficient (Wildman–Crippen LogP) is 2.22. The molecule has 0 saturated heterocycles. The van der Waals surface area contributed by atoms with Crippen molar-refractivity contribution in [3.05, 3.63) is 60.6 Å². The molecule has 0 unspecified atom stereocenters. The molecular formula is C16H17N3O2. The molecule has 5 nitrogen and oxygen atoms in total. The van der Waals surface area contributed by atoms with Crippen molar-refractivity contribution in [2.45, 2.75) is 19.3 Å². The van der Waals surface area contributed by atoms with Crippen LogP contribution in [0.3, 0.4) is 0 Å². The summed E-state index contributed by atoms with van der Waals surface area (Å²) in [7, 11) is 0. The van der Waals surface area contributed by atoms with Gasteiger partial charge in [-0.25, -0.2) is 4.98 Å². The van der Waals surface area contributed by atoms with E-state index in [9.17, 15) is 4.79 Å². The summed E-state index contributed by atoms with van der Waals surface area (Å²) in [5.41, 5.74) is 1.07. The van der Waals surface area contributed by atoms with Crippen molar-refractivity contribution in [3.63, 3.8) is 0 Å². The molecule has 1 amide bonds. The average Bonchev–Trinajstić information content (AvgIpc) is 3.15. The highest BCUT2D eigenvalue weighted by molar-refractivity contribution is 5.76. The van der Waals surface area contributed by atoms with Gasteiger partial charge in [0.2, 0.25) is 5.91 Å². The Balaban J connectivity index is 1.46. The number of aryl methyl sites for hydroxylation is 1. The third kappa shape index (κ3) is 3.31. The number of amides is 1. The number of hydrogen-bond donors (Lipinski definition) is 1. The van der Waals surface area contributed by atoms with Crippen LogP contribution in [0.15, 0.2) is 53.4 Å². The highest BCUT2D eigenvalue weighted by atomic mass is 16.3. The molecule has 0 fully saturated rings. The van der Waals surface area contributed by atoms with Gasteiger partial charge in [-0.3, -0.25) is 4.79 Å². The molecule has 0 radical (unpaired) electrons. The molecule has 0 atom stereocenters. The Morgan fingerprint density at radius 3 is 3.05 bits per heavy atom. The van der Waals surface area contributed by atoms with Gasteiger partial charge in [0.05, 0.1) is 18.0 Å². The van der Waals surface area contributed by atoms with Gasteiger partial charge < -0.3 is 14.1 Å². The molecule has 108 valence electrons. The lowest BCUT2D eigenvalue weighted by Gasteiger charge is -2.04. The van der Waals surface area contributed by atoms with Crippen LogP contribution in [-0.4, -0.2) is 21.8 Å². The molecule has 3 aromatic rings. The Morgan fingerprint density at radius 1 is 1.24 bits per heavy atom. The number of nitrogens with zero attached hydrogens (tertiary/aromatic N) is 2. The van der Waals surface area contributed by atoms with E-state index in [0.717, 1.165) is 17.1 Å². The van der Waals surface area contributed by atoms with Crippen LogP contribution >= 0.6 is 0 Å². The first-order valence-electron chi connectivity index (χ1n) is 7.03. The molecule has 21 heavy (non-hydrogen) atoms. The minimum Gasteiger partial charge on any atom is -0.469 e. The molecule has 0 spiro atoms. The number of aromatic nitrogens is 2. The lowest BCUT2D eigenvalue weighted by atomic mass is 10.2. The van der Waals surface area contributed by atoms with E-state index < -0.39 is 0 Å². The summed E-state index contributed by atoms with van der Waals surface area (Å²) in [6.45, 7) is 0.588. The van der Waals surface area contributed by atoms with Crippen LogP contribution in [0.5, 0.6) is 0 Å². The van der Waals surface area contributed by atoms with Crippen LogP contribution in [0, 0.1) is 0 Å². The minimum atomic E-state index is 0.0345. The number of hydrogen-bond acceptors (Lipinski definition) is 3. The van der Waals surface area contributed by atoms with Crippen molar-refractivity contribution >= 4 is 11.4 Å². The SMILES string of the molecule is O=C(CCc1ccco1)NCCc1ncc2ccccn12. The molecular weight excluding hydrogens is 266 g/mol. The van der Waals surface area contributed by atoms with Gasteiger partial charge in [0.15, 0.2) is 0 Å². The van der Waals surface area contributed by atoms with Crippen molar-refractivity contribution in [2.75, 3.05) is 6.54 Å². The van der Waals surface area contributed by atoms with Gasteiger partial charge in [0.25, 0.3) is 0 Å². The Bertz CT molecular complexity index is 716. The van der Waals surface area contributed by atoms with E-state index in [-0.39, 0.29) is 5.91 Å². The van der Waals surface area contributed by atoms with Crippen molar-refractivity contribution in [2.24, 2.45) is 0 Å². The number of imidazole rings is 1. The lowest BCUT2D eigenvalue weighted by molar-refractivity contribution is -0.121. The van der Waals surface area contributed by atoms with Gasteiger partial charge >= 0.3 is 0 Å². The second-order valence-corrected chi connectivity index (χ2v) is 4.85. The standard InChI is InChI=1S/C16H17N3O2/c20-16(7-6-14-5-3-11-21-14)17-9-8-15-18-12-13-4-1-2-10-19(13)15/h1-5,10-12H,6-9H2,(H,17,20). The minimum absolute atomic E-state index is 0.0345. The second-order valence-electron chi connectivity index (χ2n) is 4.85. The summed E-state index contributed by atoms with van der Waals surface area (Å²) in [4.78, 5) is 16.1. The molecule has 3 heterocycles. The Kier molecular flexibility index (Phi) is 4.00. The van der Waals surface area contributed by atoms with Gasteiger partial charge in [0, 0.05) is 32.0 Å². The molecule has 0 aliphatic heterocycles. The fourth-order valence-corrected chi connectivity index (χ4v) is 2.28. The molecule has 3 aromatic heterocycles. The highest BCUT2D eigenvalue weighted by Crippen LogP contribution is 2.06. The molecule has 0 bridgehead atoms. The van der Waals surface area contributed by atoms with Gasteiger partial charge in [-0.05, 0) is 24.3 Å². The van der Waals surface area contributed by atoms with Gasteiger partial charge in [-0.1, -0.05) is 6.07 Å². The first kappa shape index (κ1) is 13.4. The molecule has 1 N–H and O–H groups in total. The normalized spacial score (nSPS) is 10.9. The Morgan fingerprint density at radius 2 is 2.19 bits per heavy atom. The van der Waals surface area contributed by atoms with Crippen molar-refractivity contribution in [1.29, 1.82) is 0 Å². The third-order valence-electron chi connectivity index (χ3n) is 3.36. The van der Waals surface area contributed by atoms with Crippen LogP contribution in [0.2, 0.25) is 0 Å². The number of carbonyl (C=O) groups is 1. The van der Waals surface area contributed by atoms with Crippen molar-refractivity contribution in [1.82, 2.24) is 14.7 Å². The molecule has 0 aliphatic carbocycles. The average molecular weight is 283 g/mol. The zero-order chi connectivity index (χ0) is 14.5. The van der Waals surface area contributed by atoms with E-state index in [2.05, 4.69) is 10.3 Å². The zero-order valence-corrected chi connectivity index (χ0v) is 11.7. The van der Waals surface area contributed by atoms with E-state index in [1.165, 1.54) is 0 Å².